The molecule has 2 aromatic rings. The SMILES string of the molecule is CC1(c2ccc(Cl)cc2F)Oc2cccc(C3[C@H]4CNC[C@@H]34)c2O1.Cl. The number of hydrogen-bond donors (Lipinski definition) is 1. The first kappa shape index (κ1) is 17.0. The van der Waals surface area contributed by atoms with Gasteiger partial charge in [-0.3, -0.25) is 0 Å². The summed E-state index contributed by atoms with van der Waals surface area (Å²) in [6.07, 6.45) is 0. The van der Waals surface area contributed by atoms with E-state index >= 15 is 0 Å². The van der Waals surface area contributed by atoms with Gasteiger partial charge in [-0.2, -0.15) is 0 Å². The fourth-order valence-corrected chi connectivity index (χ4v) is 4.42. The third-order valence-corrected chi connectivity index (χ3v) is 5.72. The van der Waals surface area contributed by atoms with Crippen molar-refractivity contribution < 1.29 is 13.9 Å². The zero-order valence-electron chi connectivity index (χ0n) is 13.6. The average molecular weight is 382 g/mol. The molecule has 1 aliphatic carbocycles. The first-order valence-corrected chi connectivity index (χ1v) is 8.62. The number of benzene rings is 2. The first-order valence-electron chi connectivity index (χ1n) is 8.24. The molecule has 5 rings (SSSR count). The molecule has 0 amide bonds. The number of fused-ring (bicyclic) bond motifs is 2. The Bertz CT molecular complexity index is 836. The van der Waals surface area contributed by atoms with E-state index in [1.807, 2.05) is 12.1 Å². The third kappa shape index (κ3) is 2.50. The van der Waals surface area contributed by atoms with Gasteiger partial charge in [-0.15, -0.1) is 12.4 Å². The van der Waals surface area contributed by atoms with Gasteiger partial charge in [0.1, 0.15) is 5.82 Å². The lowest BCUT2D eigenvalue weighted by Gasteiger charge is -2.24. The van der Waals surface area contributed by atoms with E-state index in [1.54, 1.807) is 19.1 Å². The van der Waals surface area contributed by atoms with Crippen LogP contribution in [0, 0.1) is 17.7 Å². The summed E-state index contributed by atoms with van der Waals surface area (Å²) >= 11 is 5.86. The summed E-state index contributed by atoms with van der Waals surface area (Å²) in [5, 5.41) is 3.77. The van der Waals surface area contributed by atoms with Crippen LogP contribution in [-0.4, -0.2) is 13.1 Å². The summed E-state index contributed by atoms with van der Waals surface area (Å²) in [6, 6.07) is 10.5. The second-order valence-corrected chi connectivity index (χ2v) is 7.40. The molecule has 2 unspecified atom stereocenters. The van der Waals surface area contributed by atoms with E-state index in [-0.39, 0.29) is 12.4 Å². The molecule has 2 heterocycles. The second-order valence-electron chi connectivity index (χ2n) is 6.96. The van der Waals surface area contributed by atoms with E-state index in [1.165, 1.54) is 11.6 Å². The highest BCUT2D eigenvalue weighted by Gasteiger charge is 2.55. The molecule has 0 bridgehead atoms. The summed E-state index contributed by atoms with van der Waals surface area (Å²) in [5.74, 6) is 1.72. The highest BCUT2D eigenvalue weighted by molar-refractivity contribution is 6.30. The summed E-state index contributed by atoms with van der Waals surface area (Å²) in [4.78, 5) is 0. The maximum atomic E-state index is 14.4. The molecule has 1 saturated heterocycles. The van der Waals surface area contributed by atoms with Crippen LogP contribution >= 0.6 is 24.0 Å². The van der Waals surface area contributed by atoms with Gasteiger partial charge in [0, 0.05) is 17.5 Å². The van der Waals surface area contributed by atoms with Crippen LogP contribution in [-0.2, 0) is 5.79 Å². The van der Waals surface area contributed by atoms with E-state index in [4.69, 9.17) is 21.1 Å². The predicted molar refractivity (Wildman–Crippen MR) is 96.3 cm³/mol. The molecule has 132 valence electrons. The van der Waals surface area contributed by atoms with Crippen LogP contribution in [0.1, 0.15) is 24.0 Å². The molecule has 1 N–H and O–H groups in total. The van der Waals surface area contributed by atoms with Crippen LogP contribution in [0.15, 0.2) is 36.4 Å². The van der Waals surface area contributed by atoms with Crippen molar-refractivity contribution in [2.75, 3.05) is 13.1 Å². The minimum absolute atomic E-state index is 0. The lowest BCUT2D eigenvalue weighted by molar-refractivity contribution is -0.0710. The normalized spacial score (nSPS) is 31.4. The second kappa shape index (κ2) is 5.76. The molecule has 2 fully saturated rings. The van der Waals surface area contributed by atoms with Crippen LogP contribution in [0.3, 0.4) is 0 Å². The molecule has 1 saturated carbocycles. The van der Waals surface area contributed by atoms with Gasteiger partial charge < -0.3 is 14.8 Å². The van der Waals surface area contributed by atoms with Crippen molar-refractivity contribution in [1.82, 2.24) is 5.32 Å². The number of nitrogens with one attached hydrogen (secondary N) is 1. The van der Waals surface area contributed by atoms with Crippen molar-refractivity contribution in [2.24, 2.45) is 11.8 Å². The van der Waals surface area contributed by atoms with E-state index in [2.05, 4.69) is 11.4 Å². The topological polar surface area (TPSA) is 30.5 Å². The lowest BCUT2D eigenvalue weighted by Crippen LogP contribution is -2.32. The molecule has 3 aliphatic rings. The molecular weight excluding hydrogens is 364 g/mol. The van der Waals surface area contributed by atoms with Crippen LogP contribution < -0.4 is 14.8 Å². The number of halogens is 3. The van der Waals surface area contributed by atoms with Gasteiger partial charge in [0.2, 0.25) is 0 Å². The Hall–Kier alpha value is -1.49. The highest BCUT2D eigenvalue weighted by atomic mass is 35.5. The molecule has 0 aromatic heterocycles. The van der Waals surface area contributed by atoms with Gasteiger partial charge in [-0.25, -0.2) is 4.39 Å². The van der Waals surface area contributed by atoms with Gasteiger partial charge in [0.15, 0.2) is 11.5 Å². The summed E-state index contributed by atoms with van der Waals surface area (Å²) in [5.41, 5.74) is 1.54. The standard InChI is InChI=1S/C19H17ClFNO2.ClH/c1-19(14-6-5-10(20)7-15(14)21)23-16-4-2-3-11(18(16)24-19)17-12-8-22-9-13(12)17;/h2-7,12-13,17,22H,8-9H2,1H3;1H/t12-,13+,17?,19?;. The van der Waals surface area contributed by atoms with E-state index in [9.17, 15) is 4.39 Å². The maximum absolute atomic E-state index is 14.4. The van der Waals surface area contributed by atoms with Crippen LogP contribution in [0.25, 0.3) is 0 Å². The first-order chi connectivity index (χ1) is 11.6. The van der Waals surface area contributed by atoms with Crippen molar-refractivity contribution in [3.63, 3.8) is 0 Å². The quantitative estimate of drug-likeness (QED) is 0.831. The minimum Gasteiger partial charge on any atom is -0.444 e. The Morgan fingerprint density at radius 3 is 2.64 bits per heavy atom. The molecule has 3 nitrogen and oxygen atoms in total. The third-order valence-electron chi connectivity index (χ3n) is 5.48. The largest absolute Gasteiger partial charge is 0.444 e. The number of ether oxygens (including phenoxy) is 2. The summed E-state index contributed by atoms with van der Waals surface area (Å²) in [6.45, 7) is 3.87. The Morgan fingerprint density at radius 1 is 1.16 bits per heavy atom. The van der Waals surface area contributed by atoms with Gasteiger partial charge in [0.05, 0.1) is 5.56 Å². The molecule has 4 atom stereocenters. The molecule has 0 radical (unpaired) electrons. The van der Waals surface area contributed by atoms with E-state index < -0.39 is 11.6 Å². The predicted octanol–water partition coefficient (Wildman–Crippen LogP) is 4.48. The Labute approximate surface area is 156 Å². The lowest BCUT2D eigenvalue weighted by atomic mass is 10.1. The van der Waals surface area contributed by atoms with Crippen molar-refractivity contribution in [2.45, 2.75) is 18.6 Å². The van der Waals surface area contributed by atoms with E-state index in [0.717, 1.165) is 18.8 Å². The molecule has 0 spiro atoms. The zero-order chi connectivity index (χ0) is 16.5. The van der Waals surface area contributed by atoms with Crippen LogP contribution in [0.4, 0.5) is 4.39 Å². The Kier molecular flexibility index (Phi) is 3.91. The molecular formula is C19H18Cl2FNO2. The number of rotatable bonds is 2. The average Bonchev–Trinajstić information content (AvgIpc) is 2.89. The fraction of sp³-hybridized carbons (Fsp3) is 0.368. The summed E-state index contributed by atoms with van der Waals surface area (Å²) in [7, 11) is 0. The molecule has 6 heteroatoms. The Morgan fingerprint density at radius 2 is 1.92 bits per heavy atom. The highest BCUT2D eigenvalue weighted by Crippen LogP contribution is 2.60. The van der Waals surface area contributed by atoms with Gasteiger partial charge >= 0.3 is 0 Å². The monoisotopic (exact) mass is 381 g/mol. The van der Waals surface area contributed by atoms with Crippen molar-refractivity contribution >= 4 is 24.0 Å². The maximum Gasteiger partial charge on any atom is 0.278 e. The van der Waals surface area contributed by atoms with Gasteiger partial charge in [-0.05, 0) is 55.1 Å². The van der Waals surface area contributed by atoms with Crippen molar-refractivity contribution in [1.29, 1.82) is 0 Å². The zero-order valence-corrected chi connectivity index (χ0v) is 15.2. The van der Waals surface area contributed by atoms with Gasteiger partial charge in [-0.1, -0.05) is 23.7 Å². The van der Waals surface area contributed by atoms with E-state index in [0.29, 0.717) is 34.1 Å². The van der Waals surface area contributed by atoms with Gasteiger partial charge in [0.25, 0.3) is 5.79 Å². The van der Waals surface area contributed by atoms with Crippen molar-refractivity contribution in [3.05, 3.63) is 58.4 Å². The number of piperidine rings is 1. The molecule has 25 heavy (non-hydrogen) atoms. The Balaban J connectivity index is 0.00000157. The van der Waals surface area contributed by atoms with Crippen LogP contribution in [0.5, 0.6) is 11.5 Å². The molecule has 2 aromatic carbocycles. The fourth-order valence-electron chi connectivity index (χ4n) is 4.26. The minimum atomic E-state index is -1.17. The molecule has 2 aliphatic heterocycles. The number of hydrogen-bond acceptors (Lipinski definition) is 3. The summed E-state index contributed by atoms with van der Waals surface area (Å²) < 4.78 is 26.6. The van der Waals surface area contributed by atoms with Crippen molar-refractivity contribution in [3.8, 4) is 11.5 Å². The van der Waals surface area contributed by atoms with Crippen LogP contribution in [0.2, 0.25) is 5.02 Å². The number of para-hydroxylation sites is 1. The smallest absolute Gasteiger partial charge is 0.278 e.